The summed E-state index contributed by atoms with van der Waals surface area (Å²) in [5, 5.41) is 15.5. The monoisotopic (exact) mass is 408 g/mol. The van der Waals surface area contributed by atoms with Crippen LogP contribution in [-0.2, 0) is 14.6 Å². The smallest absolute Gasteiger partial charge is 0.243 e. The minimum absolute atomic E-state index is 0.0529. The molecule has 8 nitrogen and oxygen atoms in total. The van der Waals surface area contributed by atoms with E-state index in [2.05, 4.69) is 21.6 Å². The average Bonchev–Trinajstić information content (AvgIpc) is 3.13. The van der Waals surface area contributed by atoms with E-state index >= 15 is 0 Å². The van der Waals surface area contributed by atoms with E-state index in [1.54, 1.807) is 13.8 Å². The van der Waals surface area contributed by atoms with Crippen LogP contribution in [0.1, 0.15) is 43.1 Å². The van der Waals surface area contributed by atoms with Crippen molar-refractivity contribution in [2.24, 2.45) is 0 Å². The minimum Gasteiger partial charge on any atom is -0.444 e. The molecule has 0 bridgehead atoms. The second kappa shape index (κ2) is 8.23. The Morgan fingerprint density at radius 1 is 1.25 bits per heavy atom. The highest BCUT2D eigenvalue weighted by Gasteiger charge is 2.32. The van der Waals surface area contributed by atoms with Gasteiger partial charge in [-0.15, -0.1) is 0 Å². The molecule has 0 aliphatic carbocycles. The number of furan rings is 1. The second-order valence-corrected chi connectivity index (χ2v) is 10.1. The van der Waals surface area contributed by atoms with Gasteiger partial charge in [-0.05, 0) is 40.0 Å². The molecular weight excluding hydrogens is 380 g/mol. The lowest BCUT2D eigenvalue weighted by molar-refractivity contribution is -0.121. The standard InChI is InChI=1S/C19H28N4O4S/c1-12-14(3)27-19(17(12)10-20)22-18(24)13(2)23-7-4-15(5-8-23)21-16-6-9-28(25,26)11-16/h13,15-16,21H,4-9,11H2,1-3H3,(H,22,24)/t13-,16+/m0/s1. The van der Waals surface area contributed by atoms with Gasteiger partial charge in [0.1, 0.15) is 17.4 Å². The van der Waals surface area contributed by atoms with Gasteiger partial charge in [-0.25, -0.2) is 8.42 Å². The summed E-state index contributed by atoms with van der Waals surface area (Å²) in [6.07, 6.45) is 2.43. The van der Waals surface area contributed by atoms with Crippen molar-refractivity contribution in [2.75, 3.05) is 29.9 Å². The van der Waals surface area contributed by atoms with Crippen molar-refractivity contribution in [2.45, 2.75) is 58.2 Å². The van der Waals surface area contributed by atoms with Gasteiger partial charge in [0.05, 0.1) is 17.5 Å². The molecule has 2 aliphatic rings. The maximum atomic E-state index is 12.6. The lowest BCUT2D eigenvalue weighted by Gasteiger charge is -2.36. The van der Waals surface area contributed by atoms with Crippen LogP contribution in [0.25, 0.3) is 0 Å². The van der Waals surface area contributed by atoms with Gasteiger partial charge < -0.3 is 9.73 Å². The largest absolute Gasteiger partial charge is 0.444 e. The first-order valence-electron chi connectivity index (χ1n) is 9.71. The van der Waals surface area contributed by atoms with E-state index in [0.717, 1.165) is 31.5 Å². The van der Waals surface area contributed by atoms with E-state index in [1.807, 2.05) is 6.92 Å². The quantitative estimate of drug-likeness (QED) is 0.755. The van der Waals surface area contributed by atoms with Crippen LogP contribution in [0.5, 0.6) is 0 Å². The number of anilines is 1. The van der Waals surface area contributed by atoms with E-state index in [0.29, 0.717) is 17.7 Å². The van der Waals surface area contributed by atoms with Crippen LogP contribution in [0, 0.1) is 25.2 Å². The van der Waals surface area contributed by atoms with Crippen molar-refractivity contribution < 1.29 is 17.6 Å². The van der Waals surface area contributed by atoms with E-state index in [4.69, 9.17) is 4.42 Å². The van der Waals surface area contributed by atoms with Crippen LogP contribution in [0.3, 0.4) is 0 Å². The topological polar surface area (TPSA) is 115 Å². The highest BCUT2D eigenvalue weighted by Crippen LogP contribution is 2.26. The molecule has 2 atom stereocenters. The molecule has 1 amide bonds. The van der Waals surface area contributed by atoms with Crippen molar-refractivity contribution in [3.63, 3.8) is 0 Å². The molecule has 3 heterocycles. The zero-order chi connectivity index (χ0) is 20.5. The molecule has 1 aromatic rings. The highest BCUT2D eigenvalue weighted by molar-refractivity contribution is 7.91. The Balaban J connectivity index is 1.51. The van der Waals surface area contributed by atoms with E-state index in [9.17, 15) is 18.5 Å². The number of nitrogens with one attached hydrogen (secondary N) is 2. The zero-order valence-corrected chi connectivity index (χ0v) is 17.4. The first-order chi connectivity index (χ1) is 13.2. The number of rotatable bonds is 5. The van der Waals surface area contributed by atoms with Crippen molar-refractivity contribution >= 4 is 21.6 Å². The third-order valence-electron chi connectivity index (χ3n) is 5.89. The predicted molar refractivity (Wildman–Crippen MR) is 106 cm³/mol. The molecule has 0 unspecified atom stereocenters. The fourth-order valence-electron chi connectivity index (χ4n) is 3.95. The lowest BCUT2D eigenvalue weighted by Crippen LogP contribution is -2.51. The van der Waals surface area contributed by atoms with E-state index in [1.165, 1.54) is 0 Å². The third kappa shape index (κ3) is 4.57. The summed E-state index contributed by atoms with van der Waals surface area (Å²) in [5.74, 6) is 1.15. The van der Waals surface area contributed by atoms with Crippen LogP contribution in [0.2, 0.25) is 0 Å². The maximum Gasteiger partial charge on any atom is 0.243 e. The summed E-state index contributed by atoms with van der Waals surface area (Å²) in [4.78, 5) is 14.7. The summed E-state index contributed by atoms with van der Waals surface area (Å²) in [6, 6.07) is 2.07. The van der Waals surface area contributed by atoms with Crippen LogP contribution in [0.15, 0.2) is 4.42 Å². The van der Waals surface area contributed by atoms with Gasteiger partial charge in [0, 0.05) is 30.7 Å². The van der Waals surface area contributed by atoms with Gasteiger partial charge >= 0.3 is 0 Å². The van der Waals surface area contributed by atoms with Gasteiger partial charge in [0.2, 0.25) is 11.8 Å². The molecule has 2 aliphatic heterocycles. The normalized spacial score (nSPS) is 24.0. The molecule has 28 heavy (non-hydrogen) atoms. The van der Waals surface area contributed by atoms with Crippen molar-refractivity contribution in [1.82, 2.24) is 10.2 Å². The molecule has 0 spiro atoms. The molecule has 2 fully saturated rings. The first-order valence-corrected chi connectivity index (χ1v) is 11.5. The van der Waals surface area contributed by atoms with Crippen molar-refractivity contribution in [3.05, 3.63) is 16.9 Å². The van der Waals surface area contributed by atoms with Crippen LogP contribution in [-0.4, -0.2) is 61.9 Å². The van der Waals surface area contributed by atoms with Gasteiger partial charge in [-0.1, -0.05) is 0 Å². The number of likely N-dealkylation sites (tertiary alicyclic amines) is 1. The number of nitriles is 1. The Morgan fingerprint density at radius 2 is 1.93 bits per heavy atom. The molecule has 0 radical (unpaired) electrons. The number of carbonyl (C=O) groups is 1. The number of amides is 1. The molecule has 2 N–H and O–H groups in total. The van der Waals surface area contributed by atoms with Crippen LogP contribution in [0.4, 0.5) is 5.88 Å². The Kier molecular flexibility index (Phi) is 6.12. The van der Waals surface area contributed by atoms with Crippen LogP contribution >= 0.6 is 0 Å². The number of piperidine rings is 1. The fraction of sp³-hybridized carbons (Fsp3) is 0.684. The molecule has 154 valence electrons. The molecule has 0 aromatic carbocycles. The van der Waals surface area contributed by atoms with Gasteiger partial charge in [-0.2, -0.15) is 5.26 Å². The molecule has 3 rings (SSSR count). The number of hydrogen-bond acceptors (Lipinski definition) is 7. The first kappa shape index (κ1) is 20.8. The summed E-state index contributed by atoms with van der Waals surface area (Å²) in [7, 11) is -2.88. The zero-order valence-electron chi connectivity index (χ0n) is 16.6. The van der Waals surface area contributed by atoms with Crippen molar-refractivity contribution in [3.8, 4) is 6.07 Å². The third-order valence-corrected chi connectivity index (χ3v) is 7.66. The Hall–Kier alpha value is -1.89. The van der Waals surface area contributed by atoms with Gasteiger partial charge in [0.15, 0.2) is 9.84 Å². The summed E-state index contributed by atoms with van der Waals surface area (Å²) in [6.45, 7) is 6.92. The van der Waals surface area contributed by atoms with E-state index in [-0.39, 0.29) is 41.4 Å². The predicted octanol–water partition coefficient (Wildman–Crippen LogP) is 1.34. The number of nitrogens with zero attached hydrogens (tertiary/aromatic N) is 2. The van der Waals surface area contributed by atoms with E-state index < -0.39 is 9.84 Å². The minimum atomic E-state index is -2.88. The van der Waals surface area contributed by atoms with Crippen molar-refractivity contribution in [1.29, 1.82) is 5.26 Å². The number of sulfone groups is 1. The van der Waals surface area contributed by atoms with Gasteiger partial charge in [-0.3, -0.25) is 15.0 Å². The molecule has 1 aromatic heterocycles. The Morgan fingerprint density at radius 3 is 2.50 bits per heavy atom. The molecule has 9 heteroatoms. The second-order valence-electron chi connectivity index (χ2n) is 7.84. The summed E-state index contributed by atoms with van der Waals surface area (Å²) < 4.78 is 28.7. The number of carbonyl (C=O) groups excluding carboxylic acids is 1. The fourth-order valence-corrected chi connectivity index (χ4v) is 5.63. The summed E-state index contributed by atoms with van der Waals surface area (Å²) in [5.41, 5.74) is 1.11. The SMILES string of the molecule is Cc1oc(NC(=O)[C@H](C)N2CCC(N[C@@H]3CCS(=O)(=O)C3)CC2)c(C#N)c1C. The highest BCUT2D eigenvalue weighted by atomic mass is 32.2. The molecule has 2 saturated heterocycles. The Bertz CT molecular complexity index is 878. The number of aryl methyl sites for hydroxylation is 1. The van der Waals surface area contributed by atoms with Crippen LogP contribution < -0.4 is 10.6 Å². The molecular formula is C19H28N4O4S. The van der Waals surface area contributed by atoms with Gasteiger partial charge in [0.25, 0.3) is 0 Å². The maximum absolute atomic E-state index is 12.6. The summed E-state index contributed by atoms with van der Waals surface area (Å²) >= 11 is 0. The number of hydrogen-bond donors (Lipinski definition) is 2. The Labute approximate surface area is 166 Å². The molecule has 0 saturated carbocycles. The lowest BCUT2D eigenvalue weighted by atomic mass is 10.0. The average molecular weight is 409 g/mol.